The summed E-state index contributed by atoms with van der Waals surface area (Å²) in [5.41, 5.74) is 1.82. The van der Waals surface area contributed by atoms with Gasteiger partial charge in [-0.3, -0.25) is 0 Å². The highest BCUT2D eigenvalue weighted by atomic mass is 16.6. The molecular formula is C27H30O6. The first-order chi connectivity index (χ1) is 16.0. The van der Waals surface area contributed by atoms with Gasteiger partial charge in [-0.05, 0) is 61.3 Å². The minimum atomic E-state index is -1.40. The van der Waals surface area contributed by atoms with Crippen LogP contribution in [0.2, 0.25) is 0 Å². The first-order valence-corrected chi connectivity index (χ1v) is 11.7. The minimum absolute atomic E-state index is 0.0883. The molecule has 0 spiro atoms. The molecule has 1 aliphatic heterocycles. The van der Waals surface area contributed by atoms with Gasteiger partial charge in [-0.25, -0.2) is 4.79 Å². The van der Waals surface area contributed by atoms with Crippen molar-refractivity contribution < 1.29 is 29.2 Å². The van der Waals surface area contributed by atoms with E-state index in [0.29, 0.717) is 35.7 Å². The van der Waals surface area contributed by atoms with E-state index >= 15 is 0 Å². The number of methoxy groups -OCH3 is 1. The van der Waals surface area contributed by atoms with Gasteiger partial charge in [-0.2, -0.15) is 0 Å². The van der Waals surface area contributed by atoms with Crippen LogP contribution < -0.4 is 9.47 Å². The molecule has 33 heavy (non-hydrogen) atoms. The van der Waals surface area contributed by atoms with E-state index in [1.54, 1.807) is 37.5 Å². The van der Waals surface area contributed by atoms with Crippen LogP contribution in [0.15, 0.2) is 54.3 Å². The predicted molar refractivity (Wildman–Crippen MR) is 122 cm³/mol. The molecule has 0 radical (unpaired) electrons. The van der Waals surface area contributed by atoms with Crippen LogP contribution in [0.5, 0.6) is 11.5 Å². The van der Waals surface area contributed by atoms with E-state index in [4.69, 9.17) is 14.2 Å². The lowest BCUT2D eigenvalue weighted by atomic mass is 9.71. The second kappa shape index (κ2) is 8.84. The van der Waals surface area contributed by atoms with Crippen molar-refractivity contribution in [2.24, 2.45) is 5.92 Å². The summed E-state index contributed by atoms with van der Waals surface area (Å²) in [7, 11) is 1.62. The van der Waals surface area contributed by atoms with E-state index in [1.165, 1.54) is 5.56 Å². The van der Waals surface area contributed by atoms with Crippen molar-refractivity contribution in [2.45, 2.75) is 62.8 Å². The third-order valence-electron chi connectivity index (χ3n) is 7.33. The normalized spacial score (nSPS) is 26.9. The number of ether oxygens (including phenoxy) is 3. The summed E-state index contributed by atoms with van der Waals surface area (Å²) in [6.07, 6.45) is 5.08. The zero-order valence-electron chi connectivity index (χ0n) is 18.8. The Morgan fingerprint density at radius 1 is 1.18 bits per heavy atom. The lowest BCUT2D eigenvalue weighted by Gasteiger charge is -2.41. The van der Waals surface area contributed by atoms with Gasteiger partial charge in [0, 0.05) is 12.0 Å². The number of carbonyl (C=O) groups excluding carboxylic acids is 1. The first-order valence-electron chi connectivity index (χ1n) is 11.7. The summed E-state index contributed by atoms with van der Waals surface area (Å²) >= 11 is 0. The van der Waals surface area contributed by atoms with Crippen molar-refractivity contribution in [2.75, 3.05) is 7.11 Å². The molecule has 6 nitrogen and oxygen atoms in total. The van der Waals surface area contributed by atoms with Crippen LogP contribution in [-0.2, 0) is 22.4 Å². The van der Waals surface area contributed by atoms with E-state index in [-0.39, 0.29) is 5.92 Å². The standard InChI is InChI=1S/C27H30O6/c1-31-22-12-11-18-15-19-9-5-6-10-20(18)25(22)32-23-16-27(19,30)14-13-21(23)33-26(29)24(28)17-7-3-2-4-8-17/h2-4,7-8,11-13,19,23-24,28,30H,5-6,9-10,14-16H2,1H3/t19-,23-,24+,27+/m1/s1. The molecule has 4 atom stereocenters. The fourth-order valence-corrected chi connectivity index (χ4v) is 5.46. The first kappa shape index (κ1) is 22.0. The maximum absolute atomic E-state index is 12.8. The van der Waals surface area contributed by atoms with E-state index in [9.17, 15) is 15.0 Å². The lowest BCUT2D eigenvalue weighted by Crippen LogP contribution is -2.46. The summed E-state index contributed by atoms with van der Waals surface area (Å²) < 4.78 is 17.8. The Labute approximate surface area is 193 Å². The maximum atomic E-state index is 12.8. The van der Waals surface area contributed by atoms with E-state index in [2.05, 4.69) is 6.07 Å². The molecule has 3 aliphatic rings. The number of aliphatic hydroxyl groups is 2. The van der Waals surface area contributed by atoms with Crippen molar-refractivity contribution in [3.63, 3.8) is 0 Å². The third kappa shape index (κ3) is 4.13. The van der Waals surface area contributed by atoms with Crippen molar-refractivity contribution in [3.8, 4) is 11.5 Å². The monoisotopic (exact) mass is 450 g/mol. The highest BCUT2D eigenvalue weighted by Gasteiger charge is 2.46. The zero-order valence-corrected chi connectivity index (χ0v) is 18.8. The molecule has 6 heteroatoms. The molecule has 0 saturated carbocycles. The van der Waals surface area contributed by atoms with Crippen LogP contribution in [0.4, 0.5) is 0 Å². The minimum Gasteiger partial charge on any atom is -0.493 e. The van der Waals surface area contributed by atoms with Gasteiger partial charge in [0.2, 0.25) is 0 Å². The largest absolute Gasteiger partial charge is 0.493 e. The molecule has 2 aromatic rings. The Morgan fingerprint density at radius 3 is 2.79 bits per heavy atom. The molecule has 2 aromatic carbocycles. The van der Waals surface area contributed by atoms with Gasteiger partial charge >= 0.3 is 5.97 Å². The summed E-state index contributed by atoms with van der Waals surface area (Å²) in [6, 6.07) is 12.7. The average Bonchev–Trinajstić information content (AvgIpc) is 2.82. The second-order valence-electron chi connectivity index (χ2n) is 9.34. The molecule has 0 unspecified atom stereocenters. The molecule has 2 N–H and O–H groups in total. The fourth-order valence-electron chi connectivity index (χ4n) is 5.46. The Hall–Kier alpha value is -2.83. The van der Waals surface area contributed by atoms with Crippen LogP contribution in [-0.4, -0.2) is 35.0 Å². The Morgan fingerprint density at radius 2 is 2.00 bits per heavy atom. The number of hydrogen-bond acceptors (Lipinski definition) is 6. The smallest absolute Gasteiger partial charge is 0.344 e. The van der Waals surface area contributed by atoms with Crippen molar-refractivity contribution >= 4 is 5.97 Å². The van der Waals surface area contributed by atoms with Gasteiger partial charge in [0.25, 0.3) is 0 Å². The number of rotatable bonds is 4. The van der Waals surface area contributed by atoms with Gasteiger partial charge in [0.15, 0.2) is 23.7 Å². The molecule has 1 heterocycles. The third-order valence-corrected chi connectivity index (χ3v) is 7.33. The highest BCUT2D eigenvalue weighted by Crippen LogP contribution is 2.47. The Balaban J connectivity index is 1.50. The average molecular weight is 451 g/mol. The van der Waals surface area contributed by atoms with Gasteiger partial charge in [-0.15, -0.1) is 0 Å². The fraction of sp³-hybridized carbons (Fsp3) is 0.444. The van der Waals surface area contributed by atoms with Crippen molar-refractivity contribution in [3.05, 3.63) is 71.0 Å². The van der Waals surface area contributed by atoms with E-state index in [0.717, 1.165) is 37.7 Å². The van der Waals surface area contributed by atoms with E-state index < -0.39 is 23.8 Å². The highest BCUT2D eigenvalue weighted by molar-refractivity contribution is 5.77. The van der Waals surface area contributed by atoms with Crippen LogP contribution in [0.25, 0.3) is 0 Å². The van der Waals surface area contributed by atoms with Gasteiger partial charge in [0.1, 0.15) is 5.76 Å². The number of esters is 1. The summed E-state index contributed by atoms with van der Waals surface area (Å²) in [5.74, 6) is 0.959. The molecule has 0 fully saturated rings. The van der Waals surface area contributed by atoms with E-state index in [1.807, 2.05) is 12.1 Å². The number of benzene rings is 2. The molecule has 0 amide bonds. The summed E-state index contributed by atoms with van der Waals surface area (Å²) in [5, 5.41) is 22.2. The van der Waals surface area contributed by atoms with Gasteiger partial charge in [-0.1, -0.05) is 42.8 Å². The zero-order chi connectivity index (χ0) is 23.0. The van der Waals surface area contributed by atoms with Crippen molar-refractivity contribution in [1.29, 1.82) is 0 Å². The second-order valence-corrected chi connectivity index (χ2v) is 9.34. The van der Waals surface area contributed by atoms with Crippen LogP contribution in [0.3, 0.4) is 0 Å². The molecular weight excluding hydrogens is 420 g/mol. The van der Waals surface area contributed by atoms with Gasteiger partial charge < -0.3 is 24.4 Å². The van der Waals surface area contributed by atoms with Crippen LogP contribution >= 0.6 is 0 Å². The Bertz CT molecular complexity index is 1060. The summed E-state index contributed by atoms with van der Waals surface area (Å²) in [4.78, 5) is 12.8. The maximum Gasteiger partial charge on any atom is 0.344 e. The number of carbonyl (C=O) groups is 1. The quantitative estimate of drug-likeness (QED) is 0.685. The number of fused-ring (bicyclic) bond motifs is 4. The molecule has 5 rings (SSSR count). The number of hydrogen-bond donors (Lipinski definition) is 2. The SMILES string of the molecule is COc1ccc2c3c1O[C@@H]1C[C@@](O)(CC=C1OC(=O)[C@@H](O)c1ccccc1)[C@H](CCCC3)C2. The molecule has 6 bridgehead atoms. The van der Waals surface area contributed by atoms with Crippen LogP contribution in [0.1, 0.15) is 54.9 Å². The number of aliphatic hydroxyl groups excluding tert-OH is 1. The molecule has 0 aromatic heterocycles. The topological polar surface area (TPSA) is 85.2 Å². The molecule has 0 saturated heterocycles. The van der Waals surface area contributed by atoms with Crippen molar-refractivity contribution in [1.82, 2.24) is 0 Å². The summed E-state index contributed by atoms with van der Waals surface area (Å²) in [6.45, 7) is 0. The Kier molecular flexibility index (Phi) is 5.89. The molecule has 2 aliphatic carbocycles. The predicted octanol–water partition coefficient (Wildman–Crippen LogP) is 4.03. The lowest BCUT2D eigenvalue weighted by molar-refractivity contribution is -0.152. The van der Waals surface area contributed by atoms with Gasteiger partial charge in [0.05, 0.1) is 12.7 Å². The molecule has 174 valence electrons. The van der Waals surface area contributed by atoms with Crippen LogP contribution in [0, 0.1) is 5.92 Å².